The maximum Gasteiger partial charge on any atom is 0.162 e. The topological polar surface area (TPSA) is 47.3 Å². The largest absolute Gasteiger partial charge is 0.493 e. The molecular weight excluding hydrogens is 216 g/mol. The zero-order valence-corrected chi connectivity index (χ0v) is 10.9. The molecular formula is C13H22N2O2. The minimum Gasteiger partial charge on any atom is -0.493 e. The van der Waals surface area contributed by atoms with Crippen LogP contribution in [0.3, 0.4) is 0 Å². The summed E-state index contributed by atoms with van der Waals surface area (Å²) < 4.78 is 7.18. The smallest absolute Gasteiger partial charge is 0.162 e. The molecule has 1 aromatic heterocycles. The van der Waals surface area contributed by atoms with E-state index in [1.807, 2.05) is 4.68 Å². The van der Waals surface area contributed by atoms with Gasteiger partial charge in [-0.15, -0.1) is 0 Å². The Hall–Kier alpha value is -1.03. The summed E-state index contributed by atoms with van der Waals surface area (Å²) in [5, 5.41) is 14.8. The molecule has 1 N–H and O–H groups in total. The van der Waals surface area contributed by atoms with Crippen LogP contribution in [0.2, 0.25) is 0 Å². The molecule has 0 saturated heterocycles. The molecule has 17 heavy (non-hydrogen) atoms. The molecule has 2 unspecified atom stereocenters. The molecule has 0 aliphatic heterocycles. The quantitative estimate of drug-likeness (QED) is 0.827. The van der Waals surface area contributed by atoms with E-state index in [-0.39, 0.29) is 5.92 Å². The van der Waals surface area contributed by atoms with Crippen molar-refractivity contribution in [3.05, 3.63) is 11.9 Å². The lowest BCUT2D eigenvalue weighted by atomic mass is 9.96. The second-order valence-electron chi connectivity index (χ2n) is 4.96. The number of ether oxygens (including phenoxy) is 1. The van der Waals surface area contributed by atoms with Gasteiger partial charge in [0.15, 0.2) is 5.75 Å². The summed E-state index contributed by atoms with van der Waals surface area (Å²) in [6, 6.07) is 0. The summed E-state index contributed by atoms with van der Waals surface area (Å²) in [4.78, 5) is 0. The molecule has 1 heterocycles. The molecule has 0 aromatic carbocycles. The number of methoxy groups -OCH3 is 1. The highest BCUT2D eigenvalue weighted by atomic mass is 16.5. The van der Waals surface area contributed by atoms with Crippen molar-refractivity contribution in [1.29, 1.82) is 0 Å². The molecule has 4 heteroatoms. The van der Waals surface area contributed by atoms with E-state index in [1.54, 1.807) is 13.3 Å². The molecule has 1 aliphatic carbocycles. The monoisotopic (exact) mass is 238 g/mol. The van der Waals surface area contributed by atoms with E-state index in [9.17, 15) is 5.11 Å². The Bertz CT molecular complexity index is 371. The minimum atomic E-state index is -0.466. The Morgan fingerprint density at radius 2 is 2.29 bits per heavy atom. The van der Waals surface area contributed by atoms with Crippen LogP contribution in [0, 0.1) is 11.8 Å². The van der Waals surface area contributed by atoms with Gasteiger partial charge < -0.3 is 9.84 Å². The van der Waals surface area contributed by atoms with Crippen molar-refractivity contribution in [2.45, 2.75) is 45.8 Å². The molecule has 0 spiro atoms. The van der Waals surface area contributed by atoms with Crippen LogP contribution in [0.5, 0.6) is 5.75 Å². The van der Waals surface area contributed by atoms with Gasteiger partial charge in [0.05, 0.1) is 13.3 Å². The summed E-state index contributed by atoms with van der Waals surface area (Å²) in [6.07, 6.45) is 4.72. The predicted molar refractivity (Wildman–Crippen MR) is 65.9 cm³/mol. The SMILES string of the molecule is CCCn1ncc(OC)c1C(O)C(C)C1CC1. The van der Waals surface area contributed by atoms with Gasteiger partial charge in [-0.3, -0.25) is 4.68 Å². The number of aryl methyl sites for hydroxylation is 1. The van der Waals surface area contributed by atoms with Crippen molar-refractivity contribution in [1.82, 2.24) is 9.78 Å². The van der Waals surface area contributed by atoms with Crippen LogP contribution in [0.1, 0.15) is 44.9 Å². The molecule has 1 fully saturated rings. The van der Waals surface area contributed by atoms with Gasteiger partial charge in [-0.2, -0.15) is 5.10 Å². The van der Waals surface area contributed by atoms with Crippen molar-refractivity contribution < 1.29 is 9.84 Å². The second-order valence-corrected chi connectivity index (χ2v) is 4.96. The summed E-state index contributed by atoms with van der Waals surface area (Å²) in [5.74, 6) is 1.66. The number of nitrogens with zero attached hydrogens (tertiary/aromatic N) is 2. The molecule has 0 amide bonds. The van der Waals surface area contributed by atoms with E-state index in [0.29, 0.717) is 11.7 Å². The normalized spacial score (nSPS) is 19.1. The average Bonchev–Trinajstić information content (AvgIpc) is 3.10. The number of hydrogen-bond acceptors (Lipinski definition) is 3. The first-order valence-electron chi connectivity index (χ1n) is 6.46. The van der Waals surface area contributed by atoms with Crippen LogP contribution in [-0.4, -0.2) is 22.0 Å². The Kier molecular flexibility index (Phi) is 3.72. The lowest BCUT2D eigenvalue weighted by Crippen LogP contribution is -2.17. The summed E-state index contributed by atoms with van der Waals surface area (Å²) in [6.45, 7) is 5.05. The van der Waals surface area contributed by atoms with Gasteiger partial charge in [-0.05, 0) is 31.1 Å². The van der Waals surface area contributed by atoms with Crippen molar-refractivity contribution in [3.63, 3.8) is 0 Å². The molecule has 4 nitrogen and oxygen atoms in total. The molecule has 0 radical (unpaired) electrons. The summed E-state index contributed by atoms with van der Waals surface area (Å²) in [7, 11) is 1.63. The molecule has 2 rings (SSSR count). The minimum absolute atomic E-state index is 0.288. The van der Waals surface area contributed by atoms with Crippen LogP contribution in [-0.2, 0) is 6.54 Å². The van der Waals surface area contributed by atoms with E-state index in [4.69, 9.17) is 4.74 Å². The third-order valence-electron chi connectivity index (χ3n) is 3.64. The zero-order chi connectivity index (χ0) is 12.4. The van der Waals surface area contributed by atoms with Gasteiger partial charge in [0, 0.05) is 6.54 Å². The third kappa shape index (κ3) is 2.46. The van der Waals surface area contributed by atoms with Crippen molar-refractivity contribution >= 4 is 0 Å². The predicted octanol–water partition coefficient (Wildman–Crippen LogP) is 2.38. The first kappa shape index (κ1) is 12.4. The number of rotatable bonds is 6. The van der Waals surface area contributed by atoms with Crippen molar-refractivity contribution in [3.8, 4) is 5.75 Å². The highest BCUT2D eigenvalue weighted by Crippen LogP contribution is 2.44. The number of aliphatic hydroxyl groups is 1. The van der Waals surface area contributed by atoms with Gasteiger partial charge in [0.25, 0.3) is 0 Å². The van der Waals surface area contributed by atoms with Crippen LogP contribution in [0.4, 0.5) is 0 Å². The van der Waals surface area contributed by atoms with Crippen LogP contribution < -0.4 is 4.74 Å². The van der Waals surface area contributed by atoms with E-state index < -0.39 is 6.10 Å². The van der Waals surface area contributed by atoms with E-state index in [2.05, 4.69) is 18.9 Å². The van der Waals surface area contributed by atoms with E-state index >= 15 is 0 Å². The van der Waals surface area contributed by atoms with Gasteiger partial charge in [0.2, 0.25) is 0 Å². The van der Waals surface area contributed by atoms with Crippen LogP contribution >= 0.6 is 0 Å². The van der Waals surface area contributed by atoms with E-state index in [1.165, 1.54) is 12.8 Å². The lowest BCUT2D eigenvalue weighted by molar-refractivity contribution is 0.0935. The number of hydrogen-bond donors (Lipinski definition) is 1. The Morgan fingerprint density at radius 3 is 2.82 bits per heavy atom. The summed E-state index contributed by atoms with van der Waals surface area (Å²) in [5.41, 5.74) is 0.841. The standard InChI is InChI=1S/C13H22N2O2/c1-4-7-15-12(11(17-3)8-14-15)13(16)9(2)10-5-6-10/h8-10,13,16H,4-7H2,1-3H3. The van der Waals surface area contributed by atoms with Gasteiger partial charge in [0.1, 0.15) is 11.8 Å². The third-order valence-corrected chi connectivity index (χ3v) is 3.64. The molecule has 1 aromatic rings. The van der Waals surface area contributed by atoms with Gasteiger partial charge >= 0.3 is 0 Å². The fourth-order valence-electron chi connectivity index (χ4n) is 2.35. The van der Waals surface area contributed by atoms with Crippen molar-refractivity contribution in [2.75, 3.05) is 7.11 Å². The fourth-order valence-corrected chi connectivity index (χ4v) is 2.35. The first-order valence-corrected chi connectivity index (χ1v) is 6.46. The number of aromatic nitrogens is 2. The average molecular weight is 238 g/mol. The summed E-state index contributed by atoms with van der Waals surface area (Å²) >= 11 is 0. The van der Waals surface area contributed by atoms with Crippen molar-refractivity contribution in [2.24, 2.45) is 11.8 Å². The van der Waals surface area contributed by atoms with Gasteiger partial charge in [-0.25, -0.2) is 0 Å². The molecule has 0 bridgehead atoms. The second kappa shape index (κ2) is 5.08. The Labute approximate surface area is 103 Å². The van der Waals surface area contributed by atoms with Gasteiger partial charge in [-0.1, -0.05) is 13.8 Å². The highest BCUT2D eigenvalue weighted by Gasteiger charge is 2.35. The lowest BCUT2D eigenvalue weighted by Gasteiger charge is -2.20. The van der Waals surface area contributed by atoms with E-state index in [0.717, 1.165) is 18.7 Å². The maximum atomic E-state index is 10.5. The number of aliphatic hydroxyl groups excluding tert-OH is 1. The molecule has 1 saturated carbocycles. The van der Waals surface area contributed by atoms with Crippen LogP contribution in [0.25, 0.3) is 0 Å². The zero-order valence-electron chi connectivity index (χ0n) is 10.9. The Balaban J connectivity index is 2.23. The first-order chi connectivity index (χ1) is 8.19. The highest BCUT2D eigenvalue weighted by molar-refractivity contribution is 5.28. The molecule has 96 valence electrons. The molecule has 2 atom stereocenters. The fraction of sp³-hybridized carbons (Fsp3) is 0.769. The Morgan fingerprint density at radius 1 is 1.59 bits per heavy atom. The van der Waals surface area contributed by atoms with Crippen LogP contribution in [0.15, 0.2) is 6.20 Å². The molecule has 1 aliphatic rings. The maximum absolute atomic E-state index is 10.5.